The molecule has 1 aliphatic rings. The molecule has 0 aliphatic carbocycles. The van der Waals surface area contributed by atoms with Crippen LogP contribution in [0.25, 0.3) is 5.57 Å². The van der Waals surface area contributed by atoms with Crippen molar-refractivity contribution in [3.05, 3.63) is 76.1 Å². The van der Waals surface area contributed by atoms with Crippen LogP contribution in [0.15, 0.2) is 58.7 Å². The van der Waals surface area contributed by atoms with Gasteiger partial charge in [0, 0.05) is 62.5 Å². The minimum Gasteiger partial charge on any atom is -0.378 e. The Kier molecular flexibility index (Phi) is 7.96. The first-order valence-corrected chi connectivity index (χ1v) is 11.1. The zero-order valence-electron chi connectivity index (χ0n) is 20.3. The number of morpholine rings is 1. The van der Waals surface area contributed by atoms with Gasteiger partial charge in [-0.1, -0.05) is 6.58 Å². The number of anilines is 1. The molecule has 0 bridgehead atoms. The zero-order chi connectivity index (χ0) is 25.8. The Bertz CT molecular complexity index is 1240. The van der Waals surface area contributed by atoms with Crippen molar-refractivity contribution in [2.24, 2.45) is 12.0 Å². The van der Waals surface area contributed by atoms with Crippen LogP contribution in [0.4, 0.5) is 14.6 Å². The fraction of sp³-hybridized carbons (Fsp3) is 0.360. The summed E-state index contributed by atoms with van der Waals surface area (Å²) in [6.45, 7) is 10.7. The lowest BCUT2D eigenvalue weighted by Crippen LogP contribution is -2.39. The van der Waals surface area contributed by atoms with Crippen LogP contribution in [0.1, 0.15) is 42.4 Å². The van der Waals surface area contributed by atoms with E-state index in [9.17, 15) is 18.4 Å². The van der Waals surface area contributed by atoms with E-state index in [1.165, 1.54) is 24.5 Å². The molecule has 0 spiro atoms. The van der Waals surface area contributed by atoms with Gasteiger partial charge in [0.15, 0.2) is 0 Å². The Hall–Kier alpha value is -3.66. The molecular weight excluding hydrogens is 456 g/mol. The highest BCUT2D eigenvalue weighted by molar-refractivity contribution is 6.22. The molecule has 35 heavy (non-hydrogen) atoms. The number of carbonyl (C=O) groups is 1. The van der Waals surface area contributed by atoms with E-state index in [1.54, 1.807) is 25.5 Å². The molecular formula is C25H29F2N5O3. The van der Waals surface area contributed by atoms with Crippen LogP contribution in [0, 0.1) is 0 Å². The van der Waals surface area contributed by atoms with Gasteiger partial charge in [-0.15, -0.1) is 0 Å². The fourth-order valence-electron chi connectivity index (χ4n) is 3.47. The van der Waals surface area contributed by atoms with Crippen LogP contribution in [-0.4, -0.2) is 47.5 Å². The normalized spacial score (nSPS) is 15.2. The number of allylic oxidation sites excluding steroid dienone is 2. The van der Waals surface area contributed by atoms with Crippen LogP contribution in [-0.2, 0) is 17.7 Å². The number of nitrogens with one attached hydrogen (secondary N) is 1. The van der Waals surface area contributed by atoms with Crippen LogP contribution in [0.2, 0.25) is 0 Å². The predicted molar refractivity (Wildman–Crippen MR) is 132 cm³/mol. The van der Waals surface area contributed by atoms with Crippen molar-refractivity contribution in [1.29, 1.82) is 0 Å². The van der Waals surface area contributed by atoms with Gasteiger partial charge >= 0.3 is 0 Å². The highest BCUT2D eigenvalue weighted by Gasteiger charge is 2.27. The minimum atomic E-state index is -3.15. The summed E-state index contributed by atoms with van der Waals surface area (Å²) < 4.78 is 34.0. The molecule has 3 heterocycles. The van der Waals surface area contributed by atoms with E-state index in [-0.39, 0.29) is 11.1 Å². The summed E-state index contributed by atoms with van der Waals surface area (Å²) in [6.07, 6.45) is 2.61. The Morgan fingerprint density at radius 1 is 1.23 bits per heavy atom. The van der Waals surface area contributed by atoms with Crippen molar-refractivity contribution in [3.63, 3.8) is 0 Å². The van der Waals surface area contributed by atoms with E-state index in [2.05, 4.69) is 26.8 Å². The molecule has 0 aromatic carbocycles. The molecule has 1 fully saturated rings. The van der Waals surface area contributed by atoms with Crippen molar-refractivity contribution in [2.75, 3.05) is 31.2 Å². The summed E-state index contributed by atoms with van der Waals surface area (Å²) in [4.78, 5) is 35.1. The van der Waals surface area contributed by atoms with E-state index < -0.39 is 17.5 Å². The second kappa shape index (κ2) is 10.7. The summed E-state index contributed by atoms with van der Waals surface area (Å²) in [7, 11) is 1.72. The number of amides is 1. The molecule has 186 valence electrons. The predicted octanol–water partition coefficient (Wildman–Crippen LogP) is 3.49. The average molecular weight is 486 g/mol. The summed E-state index contributed by atoms with van der Waals surface area (Å²) in [6, 6.07) is 5.82. The molecule has 2 aromatic rings. The summed E-state index contributed by atoms with van der Waals surface area (Å²) >= 11 is 0. The number of aromatic nitrogens is 2. The van der Waals surface area contributed by atoms with Gasteiger partial charge in [-0.3, -0.25) is 24.1 Å². The quantitative estimate of drug-likeness (QED) is 0.607. The van der Waals surface area contributed by atoms with Crippen molar-refractivity contribution in [2.45, 2.75) is 26.7 Å². The summed E-state index contributed by atoms with van der Waals surface area (Å²) in [5.41, 5.74) is 1.59. The monoisotopic (exact) mass is 485 g/mol. The van der Waals surface area contributed by atoms with Crippen LogP contribution >= 0.6 is 0 Å². The van der Waals surface area contributed by atoms with Crippen molar-refractivity contribution in [1.82, 2.24) is 14.9 Å². The van der Waals surface area contributed by atoms with E-state index in [0.717, 1.165) is 18.8 Å². The number of hydrogen-bond acceptors (Lipinski definition) is 6. The molecule has 1 saturated heterocycles. The topological polar surface area (TPSA) is 88.8 Å². The largest absolute Gasteiger partial charge is 0.378 e. The van der Waals surface area contributed by atoms with E-state index in [4.69, 9.17) is 4.74 Å². The molecule has 3 rings (SSSR count). The van der Waals surface area contributed by atoms with Crippen LogP contribution in [0.3, 0.4) is 0 Å². The third kappa shape index (κ3) is 6.48. The third-order valence-corrected chi connectivity index (χ3v) is 5.59. The van der Waals surface area contributed by atoms with Gasteiger partial charge < -0.3 is 15.0 Å². The average Bonchev–Trinajstić information content (AvgIpc) is 2.83. The molecule has 0 saturated carbocycles. The number of nitrogens with zero attached hydrogens (tertiary/aromatic N) is 4. The molecule has 0 unspecified atom stereocenters. The number of aliphatic imine (C=N–C) groups is 1. The van der Waals surface area contributed by atoms with Gasteiger partial charge in [0.1, 0.15) is 11.5 Å². The van der Waals surface area contributed by atoms with Gasteiger partial charge in [-0.05, 0) is 43.2 Å². The second-order valence-corrected chi connectivity index (χ2v) is 8.38. The molecule has 0 radical (unpaired) electrons. The number of carbonyl (C=O) groups excluding carboxylic acids is 1. The Balaban J connectivity index is 1.75. The molecule has 2 aromatic heterocycles. The Morgan fingerprint density at radius 2 is 1.91 bits per heavy atom. The van der Waals surface area contributed by atoms with Gasteiger partial charge in [-0.2, -0.15) is 8.78 Å². The van der Waals surface area contributed by atoms with Crippen molar-refractivity contribution in [3.8, 4) is 0 Å². The van der Waals surface area contributed by atoms with E-state index in [0.29, 0.717) is 48.8 Å². The third-order valence-electron chi connectivity index (χ3n) is 5.59. The second-order valence-electron chi connectivity index (χ2n) is 8.38. The smallest absolute Gasteiger partial charge is 0.286 e. The number of rotatable bonds is 7. The first-order valence-electron chi connectivity index (χ1n) is 11.1. The molecule has 1 amide bonds. The van der Waals surface area contributed by atoms with Crippen molar-refractivity contribution < 1.29 is 18.3 Å². The maximum atomic E-state index is 13.5. The van der Waals surface area contributed by atoms with Crippen molar-refractivity contribution >= 4 is 23.0 Å². The minimum absolute atomic E-state index is 0.0603. The van der Waals surface area contributed by atoms with E-state index >= 15 is 0 Å². The number of halogens is 2. The van der Waals surface area contributed by atoms with Crippen LogP contribution < -0.4 is 15.8 Å². The Labute approximate surface area is 202 Å². The summed E-state index contributed by atoms with van der Waals surface area (Å²) in [5, 5.41) is 2.62. The maximum Gasteiger partial charge on any atom is 0.286 e. The highest BCUT2D eigenvalue weighted by atomic mass is 19.3. The lowest BCUT2D eigenvalue weighted by Gasteiger charge is -2.30. The number of hydrogen-bond donors (Lipinski definition) is 1. The van der Waals surface area contributed by atoms with Gasteiger partial charge in [-0.25, -0.2) is 0 Å². The maximum absolute atomic E-state index is 13.5. The first-order chi connectivity index (χ1) is 16.5. The van der Waals surface area contributed by atoms with E-state index in [1.807, 2.05) is 6.07 Å². The Morgan fingerprint density at radius 3 is 2.57 bits per heavy atom. The van der Waals surface area contributed by atoms with Gasteiger partial charge in [0.2, 0.25) is 0 Å². The van der Waals surface area contributed by atoms with Crippen LogP contribution in [0.5, 0.6) is 0 Å². The standard InChI is InChI=1S/C25H29F2N5O3/c1-16(30-24(34)19-6-7-28-21(12-19)25(4,26)27)15-29-18(3)17(2)20-13-22(31(5)23(33)14-20)32-8-10-35-11-9-32/h6-7,12-15H,2,8-11H2,1,3-5H3,(H,30,34)/b16-15+,29-18-. The SMILES string of the molecule is C=C(/C(C)=N\C=C(/C)NC(=O)c1ccnc(C(C)(F)F)c1)c1cc(N2CCOCC2)n(C)c(=O)c1. The molecule has 8 nitrogen and oxygen atoms in total. The fourth-order valence-corrected chi connectivity index (χ4v) is 3.47. The first kappa shape index (κ1) is 26.0. The number of alkyl halides is 2. The molecule has 1 N–H and O–H groups in total. The lowest BCUT2D eigenvalue weighted by molar-refractivity contribution is 0.0127. The molecule has 10 heteroatoms. The zero-order valence-corrected chi connectivity index (χ0v) is 20.3. The van der Waals surface area contributed by atoms with Gasteiger partial charge in [0.05, 0.1) is 13.2 Å². The van der Waals surface area contributed by atoms with Gasteiger partial charge in [0.25, 0.3) is 17.4 Å². The highest BCUT2D eigenvalue weighted by Crippen LogP contribution is 2.25. The number of ether oxygens (including phenoxy) is 1. The lowest BCUT2D eigenvalue weighted by atomic mass is 10.0. The summed E-state index contributed by atoms with van der Waals surface area (Å²) in [5.74, 6) is -2.93. The molecule has 1 aliphatic heterocycles. The molecule has 0 atom stereocenters. The number of pyridine rings is 2.